The van der Waals surface area contributed by atoms with Gasteiger partial charge in [-0.05, 0) is 52.9 Å². The monoisotopic (exact) mass is 416 g/mol. The SMILES string of the molecule is O=C(O)c1cccc(N/N=C/c2cc(Cl)cc(I)c2O)c1. The van der Waals surface area contributed by atoms with E-state index in [-0.39, 0.29) is 11.3 Å². The van der Waals surface area contributed by atoms with Gasteiger partial charge in [-0.2, -0.15) is 5.10 Å². The third-order valence-corrected chi connectivity index (χ3v) is 3.60. The van der Waals surface area contributed by atoms with Gasteiger partial charge in [0.25, 0.3) is 0 Å². The maximum absolute atomic E-state index is 10.9. The summed E-state index contributed by atoms with van der Waals surface area (Å²) in [4.78, 5) is 10.9. The maximum atomic E-state index is 10.9. The number of anilines is 1. The Balaban J connectivity index is 2.16. The molecule has 0 atom stereocenters. The molecule has 0 aliphatic carbocycles. The summed E-state index contributed by atoms with van der Waals surface area (Å²) in [6.07, 6.45) is 1.41. The second-order valence-electron chi connectivity index (χ2n) is 4.08. The van der Waals surface area contributed by atoms with Crippen molar-refractivity contribution in [3.63, 3.8) is 0 Å². The van der Waals surface area contributed by atoms with Crippen molar-refractivity contribution in [3.8, 4) is 5.75 Å². The fourth-order valence-electron chi connectivity index (χ4n) is 1.58. The summed E-state index contributed by atoms with van der Waals surface area (Å²) in [7, 11) is 0. The van der Waals surface area contributed by atoms with E-state index in [1.54, 1.807) is 24.3 Å². The smallest absolute Gasteiger partial charge is 0.335 e. The van der Waals surface area contributed by atoms with Crippen molar-refractivity contribution in [1.29, 1.82) is 0 Å². The number of halogens is 2. The van der Waals surface area contributed by atoms with E-state index in [0.717, 1.165) is 0 Å². The fraction of sp³-hybridized carbons (Fsp3) is 0. The number of carboxylic acid groups (broad SMARTS) is 1. The van der Waals surface area contributed by atoms with Crippen molar-refractivity contribution in [2.45, 2.75) is 0 Å². The molecular formula is C14H10ClIN2O3. The lowest BCUT2D eigenvalue weighted by atomic mass is 10.2. The number of benzene rings is 2. The normalized spacial score (nSPS) is 10.8. The number of carbonyl (C=O) groups is 1. The van der Waals surface area contributed by atoms with Gasteiger partial charge < -0.3 is 10.2 Å². The fourth-order valence-corrected chi connectivity index (χ4v) is 2.64. The molecule has 3 N–H and O–H groups in total. The van der Waals surface area contributed by atoms with Gasteiger partial charge in [-0.1, -0.05) is 17.7 Å². The van der Waals surface area contributed by atoms with Crippen LogP contribution in [0.1, 0.15) is 15.9 Å². The van der Waals surface area contributed by atoms with Crippen molar-refractivity contribution in [2.24, 2.45) is 5.10 Å². The van der Waals surface area contributed by atoms with Crippen LogP contribution >= 0.6 is 34.2 Å². The lowest BCUT2D eigenvalue weighted by Gasteiger charge is -2.04. The zero-order chi connectivity index (χ0) is 15.4. The van der Waals surface area contributed by atoms with Crippen LogP contribution in [0.3, 0.4) is 0 Å². The number of phenolic OH excluding ortho intramolecular Hbond substituents is 1. The lowest BCUT2D eigenvalue weighted by Crippen LogP contribution is -1.98. The molecule has 2 rings (SSSR count). The number of phenols is 1. The summed E-state index contributed by atoms with van der Waals surface area (Å²) < 4.78 is 0.620. The molecule has 7 heteroatoms. The van der Waals surface area contributed by atoms with E-state index in [1.807, 2.05) is 22.6 Å². The minimum Gasteiger partial charge on any atom is -0.506 e. The van der Waals surface area contributed by atoms with E-state index in [2.05, 4.69) is 10.5 Å². The van der Waals surface area contributed by atoms with Crippen LogP contribution in [-0.4, -0.2) is 22.4 Å². The molecule has 0 bridgehead atoms. The summed E-state index contributed by atoms with van der Waals surface area (Å²) in [5.74, 6) is -0.922. The van der Waals surface area contributed by atoms with Crippen molar-refractivity contribution in [3.05, 3.63) is 56.1 Å². The van der Waals surface area contributed by atoms with Gasteiger partial charge in [-0.15, -0.1) is 0 Å². The van der Waals surface area contributed by atoms with Crippen LogP contribution in [0.4, 0.5) is 5.69 Å². The molecule has 108 valence electrons. The summed E-state index contributed by atoms with van der Waals surface area (Å²) in [6, 6.07) is 9.46. The van der Waals surface area contributed by atoms with Gasteiger partial charge in [-0.3, -0.25) is 5.43 Å². The van der Waals surface area contributed by atoms with E-state index >= 15 is 0 Å². The molecule has 0 aromatic heterocycles. The molecule has 0 unspecified atom stereocenters. The Bertz CT molecular complexity index is 719. The highest BCUT2D eigenvalue weighted by Crippen LogP contribution is 2.27. The highest BCUT2D eigenvalue weighted by Gasteiger charge is 2.05. The molecule has 0 aliphatic rings. The Morgan fingerprint density at radius 2 is 2.10 bits per heavy atom. The Kier molecular flexibility index (Phi) is 5.03. The van der Waals surface area contributed by atoms with Crippen LogP contribution < -0.4 is 5.43 Å². The topological polar surface area (TPSA) is 81.9 Å². The van der Waals surface area contributed by atoms with Crippen LogP contribution in [0, 0.1) is 3.57 Å². The molecule has 0 saturated heterocycles. The average molecular weight is 417 g/mol. The van der Waals surface area contributed by atoms with Gasteiger partial charge in [0.2, 0.25) is 0 Å². The minimum atomic E-state index is -1.01. The van der Waals surface area contributed by atoms with Crippen molar-refractivity contribution >= 4 is 52.1 Å². The Hall–Kier alpha value is -1.80. The summed E-state index contributed by atoms with van der Waals surface area (Å²) >= 11 is 7.88. The molecule has 2 aromatic carbocycles. The third kappa shape index (κ3) is 4.08. The summed E-state index contributed by atoms with van der Waals surface area (Å²) in [6.45, 7) is 0. The third-order valence-electron chi connectivity index (χ3n) is 2.56. The Labute approximate surface area is 139 Å². The highest BCUT2D eigenvalue weighted by molar-refractivity contribution is 14.1. The number of nitrogens with zero attached hydrogens (tertiary/aromatic N) is 1. The number of carboxylic acids is 1. The van der Waals surface area contributed by atoms with Gasteiger partial charge in [0.1, 0.15) is 5.75 Å². The number of aromatic carboxylic acids is 1. The van der Waals surface area contributed by atoms with E-state index < -0.39 is 5.97 Å². The van der Waals surface area contributed by atoms with Crippen LogP contribution in [0.15, 0.2) is 41.5 Å². The zero-order valence-corrected chi connectivity index (χ0v) is 13.5. The summed E-state index contributed by atoms with van der Waals surface area (Å²) in [5, 5.41) is 23.2. The molecule has 2 aromatic rings. The Morgan fingerprint density at radius 3 is 2.81 bits per heavy atom. The second kappa shape index (κ2) is 6.77. The van der Waals surface area contributed by atoms with Gasteiger partial charge in [0.15, 0.2) is 0 Å². The first-order chi connectivity index (χ1) is 9.97. The average Bonchev–Trinajstić information content (AvgIpc) is 2.44. The van der Waals surface area contributed by atoms with Crippen LogP contribution in [0.2, 0.25) is 5.02 Å². The van der Waals surface area contributed by atoms with E-state index in [0.29, 0.717) is 19.8 Å². The first-order valence-electron chi connectivity index (χ1n) is 5.78. The number of nitrogens with one attached hydrogen (secondary N) is 1. The van der Waals surface area contributed by atoms with E-state index in [9.17, 15) is 9.90 Å². The molecule has 0 heterocycles. The van der Waals surface area contributed by atoms with E-state index in [4.69, 9.17) is 16.7 Å². The molecule has 0 aliphatic heterocycles. The number of rotatable bonds is 4. The number of aromatic hydroxyl groups is 1. The van der Waals surface area contributed by atoms with Crippen molar-refractivity contribution in [2.75, 3.05) is 5.43 Å². The standard InChI is InChI=1S/C14H10ClIN2O3/c15-10-4-9(13(19)12(16)6-10)7-17-18-11-3-1-2-8(5-11)14(20)21/h1-7,18-19H,(H,20,21)/b17-7+. The van der Waals surface area contributed by atoms with Gasteiger partial charge >= 0.3 is 5.97 Å². The van der Waals surface area contributed by atoms with Crippen LogP contribution in [0.25, 0.3) is 0 Å². The summed E-state index contributed by atoms with van der Waals surface area (Å²) in [5.41, 5.74) is 3.86. The number of hydrogen-bond acceptors (Lipinski definition) is 4. The largest absolute Gasteiger partial charge is 0.506 e. The second-order valence-corrected chi connectivity index (χ2v) is 5.68. The van der Waals surface area contributed by atoms with E-state index in [1.165, 1.54) is 18.3 Å². The predicted octanol–water partition coefficient (Wildman–Crippen LogP) is 3.79. The number of hydrogen-bond donors (Lipinski definition) is 3. The lowest BCUT2D eigenvalue weighted by molar-refractivity contribution is 0.0697. The maximum Gasteiger partial charge on any atom is 0.335 e. The zero-order valence-electron chi connectivity index (χ0n) is 10.5. The molecule has 0 spiro atoms. The van der Waals surface area contributed by atoms with Crippen LogP contribution in [0.5, 0.6) is 5.75 Å². The van der Waals surface area contributed by atoms with Crippen LogP contribution in [-0.2, 0) is 0 Å². The number of hydrazone groups is 1. The van der Waals surface area contributed by atoms with Crippen molar-refractivity contribution < 1.29 is 15.0 Å². The predicted molar refractivity (Wildman–Crippen MR) is 90.5 cm³/mol. The molecule has 0 fully saturated rings. The Morgan fingerprint density at radius 1 is 1.33 bits per heavy atom. The molecule has 5 nitrogen and oxygen atoms in total. The van der Waals surface area contributed by atoms with Gasteiger partial charge in [-0.25, -0.2) is 4.79 Å². The van der Waals surface area contributed by atoms with Crippen molar-refractivity contribution in [1.82, 2.24) is 0 Å². The van der Waals surface area contributed by atoms with Gasteiger partial charge in [0, 0.05) is 10.6 Å². The molecular weight excluding hydrogens is 407 g/mol. The quantitative estimate of drug-likeness (QED) is 0.402. The molecule has 0 amide bonds. The molecule has 0 radical (unpaired) electrons. The molecule has 0 saturated carbocycles. The minimum absolute atomic E-state index is 0.0878. The highest BCUT2D eigenvalue weighted by atomic mass is 127. The first-order valence-corrected chi connectivity index (χ1v) is 7.23. The first kappa shape index (κ1) is 15.6. The van der Waals surface area contributed by atoms with Gasteiger partial charge in [0.05, 0.1) is 21.0 Å². The molecule has 21 heavy (non-hydrogen) atoms.